The Kier molecular flexibility index (Phi) is 3.46. The topological polar surface area (TPSA) is 68.5 Å². The fourth-order valence-corrected chi connectivity index (χ4v) is 2.99. The smallest absolute Gasteiger partial charge is 0.203 e. The molecule has 1 unspecified atom stereocenters. The lowest BCUT2D eigenvalue weighted by atomic mass is 10.1. The SMILES string of the molecule is CCc1nsc(NC2CCCn3nc(CC)nc32)n1. The summed E-state index contributed by atoms with van der Waals surface area (Å²) in [6.07, 6.45) is 3.95. The van der Waals surface area contributed by atoms with Crippen LogP contribution in [0.15, 0.2) is 0 Å². The van der Waals surface area contributed by atoms with Crippen LogP contribution in [0.1, 0.15) is 50.2 Å². The molecule has 0 amide bonds. The molecule has 0 spiro atoms. The van der Waals surface area contributed by atoms with Gasteiger partial charge in [0.2, 0.25) is 5.13 Å². The molecule has 2 aromatic heterocycles. The van der Waals surface area contributed by atoms with E-state index in [-0.39, 0.29) is 6.04 Å². The number of aryl methyl sites for hydroxylation is 3. The van der Waals surface area contributed by atoms with Crippen molar-refractivity contribution in [3.05, 3.63) is 17.5 Å². The number of hydrogen-bond donors (Lipinski definition) is 1. The highest BCUT2D eigenvalue weighted by Gasteiger charge is 2.24. The average molecular weight is 278 g/mol. The molecular weight excluding hydrogens is 260 g/mol. The molecule has 0 saturated heterocycles. The number of anilines is 1. The van der Waals surface area contributed by atoms with Crippen molar-refractivity contribution in [2.75, 3.05) is 5.32 Å². The number of hydrogen-bond acceptors (Lipinski definition) is 6. The fraction of sp³-hybridized carbons (Fsp3) is 0.667. The number of aromatic nitrogens is 5. The standard InChI is InChI=1S/C12H18N6S/c1-3-9-14-11-8(6-5-7-18(11)16-9)13-12-15-10(4-2)17-19-12/h8H,3-7H2,1-2H3,(H,13,15,17). The highest BCUT2D eigenvalue weighted by Crippen LogP contribution is 2.28. The van der Waals surface area contributed by atoms with E-state index in [1.54, 1.807) is 0 Å². The maximum atomic E-state index is 4.62. The fourth-order valence-electron chi connectivity index (χ4n) is 2.29. The molecule has 6 nitrogen and oxygen atoms in total. The van der Waals surface area contributed by atoms with Gasteiger partial charge in [-0.15, -0.1) is 0 Å². The maximum absolute atomic E-state index is 4.62. The molecule has 3 heterocycles. The molecule has 102 valence electrons. The summed E-state index contributed by atoms with van der Waals surface area (Å²) >= 11 is 1.43. The lowest BCUT2D eigenvalue weighted by molar-refractivity contribution is 0.437. The predicted molar refractivity (Wildman–Crippen MR) is 74.3 cm³/mol. The second-order valence-corrected chi connectivity index (χ2v) is 5.42. The van der Waals surface area contributed by atoms with Gasteiger partial charge >= 0.3 is 0 Å². The Labute approximate surface area is 116 Å². The minimum atomic E-state index is 0.208. The Hall–Kier alpha value is -1.50. The molecular formula is C12H18N6S. The minimum absolute atomic E-state index is 0.208. The van der Waals surface area contributed by atoms with Crippen LogP contribution in [-0.2, 0) is 19.4 Å². The molecule has 0 fully saturated rings. The zero-order valence-corrected chi connectivity index (χ0v) is 12.1. The van der Waals surface area contributed by atoms with E-state index in [0.717, 1.165) is 54.8 Å². The predicted octanol–water partition coefficient (Wildman–Crippen LogP) is 2.20. The van der Waals surface area contributed by atoms with Crippen LogP contribution in [0, 0.1) is 0 Å². The Morgan fingerprint density at radius 2 is 2.11 bits per heavy atom. The second kappa shape index (κ2) is 5.24. The van der Waals surface area contributed by atoms with E-state index in [9.17, 15) is 0 Å². The van der Waals surface area contributed by atoms with Crippen LogP contribution in [0.3, 0.4) is 0 Å². The third-order valence-electron chi connectivity index (χ3n) is 3.32. The van der Waals surface area contributed by atoms with Crippen molar-refractivity contribution in [1.82, 2.24) is 24.1 Å². The Balaban J connectivity index is 1.80. The summed E-state index contributed by atoms with van der Waals surface area (Å²) in [6.45, 7) is 5.12. The molecule has 19 heavy (non-hydrogen) atoms. The monoisotopic (exact) mass is 278 g/mol. The van der Waals surface area contributed by atoms with E-state index < -0.39 is 0 Å². The molecule has 1 aliphatic rings. The van der Waals surface area contributed by atoms with Crippen LogP contribution in [0.25, 0.3) is 0 Å². The first-order valence-corrected chi connectivity index (χ1v) is 7.60. The molecule has 3 rings (SSSR count). The number of nitrogens with one attached hydrogen (secondary N) is 1. The van der Waals surface area contributed by atoms with Gasteiger partial charge in [0.25, 0.3) is 0 Å². The highest BCUT2D eigenvalue weighted by atomic mass is 32.1. The van der Waals surface area contributed by atoms with E-state index in [2.05, 4.69) is 38.6 Å². The van der Waals surface area contributed by atoms with Gasteiger partial charge in [-0.25, -0.2) is 14.6 Å². The summed E-state index contributed by atoms with van der Waals surface area (Å²) in [5.41, 5.74) is 0. The summed E-state index contributed by atoms with van der Waals surface area (Å²) in [5.74, 6) is 2.87. The zero-order chi connectivity index (χ0) is 13.2. The van der Waals surface area contributed by atoms with Gasteiger partial charge in [-0.05, 0) is 12.8 Å². The van der Waals surface area contributed by atoms with Gasteiger partial charge in [0, 0.05) is 30.9 Å². The molecule has 2 aromatic rings. The van der Waals surface area contributed by atoms with Crippen molar-refractivity contribution in [2.45, 2.75) is 52.1 Å². The molecule has 0 aromatic carbocycles. The third kappa shape index (κ3) is 2.47. The molecule has 1 atom stereocenters. The first-order chi connectivity index (χ1) is 9.30. The maximum Gasteiger partial charge on any atom is 0.203 e. The van der Waals surface area contributed by atoms with Crippen molar-refractivity contribution in [1.29, 1.82) is 0 Å². The number of nitrogens with zero attached hydrogens (tertiary/aromatic N) is 5. The number of fused-ring (bicyclic) bond motifs is 1. The largest absolute Gasteiger partial charge is 0.350 e. The van der Waals surface area contributed by atoms with E-state index >= 15 is 0 Å². The lowest BCUT2D eigenvalue weighted by Gasteiger charge is -2.22. The molecule has 0 aliphatic carbocycles. The Morgan fingerprint density at radius 3 is 2.84 bits per heavy atom. The summed E-state index contributed by atoms with van der Waals surface area (Å²) in [7, 11) is 0. The number of rotatable bonds is 4. The Bertz CT molecular complexity index is 560. The highest BCUT2D eigenvalue weighted by molar-refractivity contribution is 7.09. The summed E-state index contributed by atoms with van der Waals surface area (Å²) in [6, 6.07) is 0.208. The first kappa shape index (κ1) is 12.5. The van der Waals surface area contributed by atoms with Gasteiger partial charge in [-0.2, -0.15) is 9.47 Å². The normalized spacial score (nSPS) is 18.3. The third-order valence-corrected chi connectivity index (χ3v) is 4.00. The van der Waals surface area contributed by atoms with E-state index in [4.69, 9.17) is 0 Å². The summed E-state index contributed by atoms with van der Waals surface area (Å²) in [5, 5.41) is 8.85. The summed E-state index contributed by atoms with van der Waals surface area (Å²) < 4.78 is 6.33. The zero-order valence-electron chi connectivity index (χ0n) is 11.3. The average Bonchev–Trinajstić information content (AvgIpc) is 3.05. The van der Waals surface area contributed by atoms with Crippen LogP contribution in [0.5, 0.6) is 0 Å². The molecule has 1 aliphatic heterocycles. The molecule has 0 radical (unpaired) electrons. The van der Waals surface area contributed by atoms with Crippen molar-refractivity contribution in [3.63, 3.8) is 0 Å². The Morgan fingerprint density at radius 1 is 1.26 bits per heavy atom. The van der Waals surface area contributed by atoms with Crippen molar-refractivity contribution in [2.24, 2.45) is 0 Å². The van der Waals surface area contributed by atoms with Gasteiger partial charge in [0.15, 0.2) is 5.82 Å². The van der Waals surface area contributed by atoms with Gasteiger partial charge in [-0.1, -0.05) is 13.8 Å². The molecule has 0 bridgehead atoms. The lowest BCUT2D eigenvalue weighted by Crippen LogP contribution is -2.22. The van der Waals surface area contributed by atoms with Crippen LogP contribution in [-0.4, -0.2) is 24.1 Å². The van der Waals surface area contributed by atoms with Crippen LogP contribution in [0.4, 0.5) is 5.13 Å². The van der Waals surface area contributed by atoms with Crippen LogP contribution >= 0.6 is 11.5 Å². The molecule has 1 N–H and O–H groups in total. The second-order valence-electron chi connectivity index (χ2n) is 4.67. The van der Waals surface area contributed by atoms with E-state index in [1.807, 2.05) is 4.68 Å². The van der Waals surface area contributed by atoms with Crippen molar-refractivity contribution in [3.8, 4) is 0 Å². The minimum Gasteiger partial charge on any atom is -0.350 e. The quantitative estimate of drug-likeness (QED) is 0.928. The van der Waals surface area contributed by atoms with Crippen molar-refractivity contribution >= 4 is 16.7 Å². The van der Waals surface area contributed by atoms with Gasteiger partial charge < -0.3 is 5.32 Å². The van der Waals surface area contributed by atoms with E-state index in [1.165, 1.54) is 11.5 Å². The summed E-state index contributed by atoms with van der Waals surface area (Å²) in [4.78, 5) is 9.08. The van der Waals surface area contributed by atoms with Crippen LogP contribution in [0.2, 0.25) is 0 Å². The van der Waals surface area contributed by atoms with Crippen LogP contribution < -0.4 is 5.32 Å². The van der Waals surface area contributed by atoms with Crippen molar-refractivity contribution < 1.29 is 0 Å². The molecule has 0 saturated carbocycles. The first-order valence-electron chi connectivity index (χ1n) is 6.83. The molecule has 7 heteroatoms. The van der Waals surface area contributed by atoms with Gasteiger partial charge in [-0.3, -0.25) is 0 Å². The van der Waals surface area contributed by atoms with Gasteiger partial charge in [0.1, 0.15) is 11.6 Å². The van der Waals surface area contributed by atoms with E-state index in [0.29, 0.717) is 0 Å². The van der Waals surface area contributed by atoms with Gasteiger partial charge in [0.05, 0.1) is 6.04 Å².